The van der Waals surface area contributed by atoms with Gasteiger partial charge < -0.3 is 16.0 Å². The van der Waals surface area contributed by atoms with Crippen LogP contribution in [-0.4, -0.2) is 15.9 Å². The predicted molar refractivity (Wildman–Crippen MR) is 99.8 cm³/mol. The molecule has 3 rings (SSSR count). The van der Waals surface area contributed by atoms with E-state index in [9.17, 15) is 9.18 Å². The molecule has 3 N–H and O–H groups in total. The van der Waals surface area contributed by atoms with Crippen LogP contribution in [0.1, 0.15) is 12.5 Å². The maximum absolute atomic E-state index is 12.9. The lowest BCUT2D eigenvalue weighted by Crippen LogP contribution is -2.06. The maximum atomic E-state index is 12.9. The van der Waals surface area contributed by atoms with Crippen molar-refractivity contribution in [3.05, 3.63) is 72.2 Å². The van der Waals surface area contributed by atoms with E-state index in [0.717, 1.165) is 11.3 Å². The van der Waals surface area contributed by atoms with E-state index in [-0.39, 0.29) is 11.7 Å². The molecule has 0 aliphatic carbocycles. The van der Waals surface area contributed by atoms with E-state index >= 15 is 0 Å². The lowest BCUT2D eigenvalue weighted by Gasteiger charge is -2.10. The molecule has 0 saturated heterocycles. The number of hydrogen-bond donors (Lipinski definition) is 3. The molecule has 3 aromatic rings. The molecule has 0 fully saturated rings. The van der Waals surface area contributed by atoms with E-state index in [1.54, 1.807) is 36.5 Å². The normalized spacial score (nSPS) is 10.2. The van der Waals surface area contributed by atoms with Gasteiger partial charge >= 0.3 is 0 Å². The van der Waals surface area contributed by atoms with Crippen molar-refractivity contribution in [1.82, 2.24) is 9.97 Å². The van der Waals surface area contributed by atoms with E-state index in [0.29, 0.717) is 24.0 Å². The van der Waals surface area contributed by atoms with Crippen molar-refractivity contribution in [3.8, 4) is 0 Å². The molecule has 7 heteroatoms. The van der Waals surface area contributed by atoms with Crippen molar-refractivity contribution in [2.45, 2.75) is 13.5 Å². The summed E-state index contributed by atoms with van der Waals surface area (Å²) >= 11 is 0. The first-order chi connectivity index (χ1) is 12.6. The summed E-state index contributed by atoms with van der Waals surface area (Å²) in [6.45, 7) is 1.98. The number of aromatic nitrogens is 2. The first-order valence-electron chi connectivity index (χ1n) is 8.04. The molecule has 2 aromatic carbocycles. The minimum Gasteiger partial charge on any atom is -0.366 e. The Morgan fingerprint density at radius 3 is 2.62 bits per heavy atom. The molecule has 0 radical (unpaired) electrons. The van der Waals surface area contributed by atoms with Gasteiger partial charge in [0.1, 0.15) is 11.6 Å². The molecule has 1 aromatic heterocycles. The van der Waals surface area contributed by atoms with Crippen LogP contribution in [0.5, 0.6) is 0 Å². The largest absolute Gasteiger partial charge is 0.366 e. The molecule has 0 saturated carbocycles. The highest BCUT2D eigenvalue weighted by Gasteiger charge is 2.03. The van der Waals surface area contributed by atoms with Crippen molar-refractivity contribution in [3.63, 3.8) is 0 Å². The average molecular weight is 351 g/mol. The fraction of sp³-hybridized carbons (Fsp3) is 0.105. The van der Waals surface area contributed by atoms with Crippen molar-refractivity contribution >= 4 is 29.0 Å². The molecule has 0 aliphatic heterocycles. The zero-order valence-electron chi connectivity index (χ0n) is 14.2. The number of carbonyl (C=O) groups is 1. The van der Waals surface area contributed by atoms with Crippen molar-refractivity contribution in [2.75, 3.05) is 16.0 Å². The smallest absolute Gasteiger partial charge is 0.229 e. The lowest BCUT2D eigenvalue weighted by atomic mass is 10.2. The van der Waals surface area contributed by atoms with E-state index in [1.807, 2.05) is 12.1 Å². The zero-order chi connectivity index (χ0) is 18.4. The Balaban J connectivity index is 1.65. The second kappa shape index (κ2) is 8.06. The number of halogens is 1. The maximum Gasteiger partial charge on any atom is 0.229 e. The summed E-state index contributed by atoms with van der Waals surface area (Å²) in [4.78, 5) is 19.7. The first kappa shape index (κ1) is 17.3. The van der Waals surface area contributed by atoms with Crippen molar-refractivity contribution < 1.29 is 9.18 Å². The Bertz CT molecular complexity index is 898. The van der Waals surface area contributed by atoms with Crippen LogP contribution in [-0.2, 0) is 11.3 Å². The topological polar surface area (TPSA) is 78.9 Å². The van der Waals surface area contributed by atoms with Gasteiger partial charge in [-0.25, -0.2) is 9.37 Å². The third-order valence-electron chi connectivity index (χ3n) is 3.48. The lowest BCUT2D eigenvalue weighted by molar-refractivity contribution is -0.114. The van der Waals surface area contributed by atoms with Crippen LogP contribution in [0.4, 0.5) is 27.5 Å². The van der Waals surface area contributed by atoms with Gasteiger partial charge in [-0.3, -0.25) is 4.79 Å². The second-order valence-corrected chi connectivity index (χ2v) is 5.63. The number of nitrogens with one attached hydrogen (secondary N) is 3. The third kappa shape index (κ3) is 5.01. The first-order valence-corrected chi connectivity index (χ1v) is 8.04. The Hall–Kier alpha value is -3.48. The van der Waals surface area contributed by atoms with Gasteiger partial charge in [-0.15, -0.1) is 0 Å². The number of rotatable bonds is 6. The number of carbonyl (C=O) groups excluding carboxylic acids is 1. The minimum absolute atomic E-state index is 0.134. The van der Waals surface area contributed by atoms with E-state index in [2.05, 4.69) is 25.9 Å². The number of amides is 1. The summed E-state index contributed by atoms with van der Waals surface area (Å²) in [5, 5.41) is 9.00. The number of benzene rings is 2. The van der Waals surface area contributed by atoms with E-state index in [4.69, 9.17) is 0 Å². The molecule has 0 unspecified atom stereocenters. The molecular formula is C19H18FN5O. The summed E-state index contributed by atoms with van der Waals surface area (Å²) in [5.74, 6) is 0.674. The van der Waals surface area contributed by atoms with Crippen LogP contribution in [0.3, 0.4) is 0 Å². The summed E-state index contributed by atoms with van der Waals surface area (Å²) in [5.41, 5.74) is 2.39. The summed E-state index contributed by atoms with van der Waals surface area (Å²) < 4.78 is 12.9. The predicted octanol–water partition coefficient (Wildman–Crippen LogP) is 3.93. The van der Waals surface area contributed by atoms with E-state index in [1.165, 1.54) is 19.1 Å². The molecule has 0 spiro atoms. The third-order valence-corrected chi connectivity index (χ3v) is 3.48. The van der Waals surface area contributed by atoms with Crippen LogP contribution >= 0.6 is 0 Å². The summed E-state index contributed by atoms with van der Waals surface area (Å²) in [6.07, 6.45) is 1.64. The minimum atomic E-state index is -0.260. The highest BCUT2D eigenvalue weighted by atomic mass is 19.1. The fourth-order valence-corrected chi connectivity index (χ4v) is 2.32. The van der Waals surface area contributed by atoms with Gasteiger partial charge in [-0.05, 0) is 42.0 Å². The molecule has 0 atom stereocenters. The molecular weight excluding hydrogens is 333 g/mol. The molecule has 6 nitrogen and oxygen atoms in total. The fourth-order valence-electron chi connectivity index (χ4n) is 2.32. The van der Waals surface area contributed by atoms with Crippen molar-refractivity contribution in [1.29, 1.82) is 0 Å². The summed E-state index contributed by atoms with van der Waals surface area (Å²) in [7, 11) is 0. The number of nitrogens with zero attached hydrogens (tertiary/aromatic N) is 2. The number of anilines is 4. The molecule has 0 aliphatic rings. The standard InChI is InChI=1S/C19H18FN5O/c1-13(26)23-16-3-2-4-17(11-16)24-19-21-10-9-18(25-19)22-12-14-5-7-15(20)8-6-14/h2-11H,12H2,1H3,(H,23,26)(H2,21,22,24,25). The summed E-state index contributed by atoms with van der Waals surface area (Å²) in [6, 6.07) is 15.3. The Kier molecular flexibility index (Phi) is 5.38. The quantitative estimate of drug-likeness (QED) is 0.627. The van der Waals surface area contributed by atoms with Gasteiger partial charge in [-0.2, -0.15) is 4.98 Å². The average Bonchev–Trinajstić information content (AvgIpc) is 2.61. The zero-order valence-corrected chi connectivity index (χ0v) is 14.2. The Morgan fingerprint density at radius 1 is 1.08 bits per heavy atom. The van der Waals surface area contributed by atoms with Crippen LogP contribution in [0.2, 0.25) is 0 Å². The monoisotopic (exact) mass is 351 g/mol. The van der Waals surface area contributed by atoms with Gasteiger partial charge in [0.15, 0.2) is 0 Å². The highest BCUT2D eigenvalue weighted by molar-refractivity contribution is 5.89. The Labute approximate surface area is 150 Å². The van der Waals surface area contributed by atoms with Crippen LogP contribution in [0.25, 0.3) is 0 Å². The van der Waals surface area contributed by atoms with Crippen LogP contribution < -0.4 is 16.0 Å². The van der Waals surface area contributed by atoms with Crippen molar-refractivity contribution in [2.24, 2.45) is 0 Å². The molecule has 1 amide bonds. The Morgan fingerprint density at radius 2 is 1.85 bits per heavy atom. The van der Waals surface area contributed by atoms with Gasteiger partial charge in [0.25, 0.3) is 0 Å². The SMILES string of the molecule is CC(=O)Nc1cccc(Nc2nccc(NCc3ccc(F)cc3)n2)c1. The molecule has 0 bridgehead atoms. The van der Waals surface area contributed by atoms with E-state index < -0.39 is 0 Å². The van der Waals surface area contributed by atoms with Gasteiger partial charge in [0, 0.05) is 31.0 Å². The molecule has 26 heavy (non-hydrogen) atoms. The van der Waals surface area contributed by atoms with Gasteiger partial charge in [0.05, 0.1) is 0 Å². The molecule has 1 heterocycles. The van der Waals surface area contributed by atoms with Gasteiger partial charge in [-0.1, -0.05) is 18.2 Å². The van der Waals surface area contributed by atoms with Crippen LogP contribution in [0.15, 0.2) is 60.8 Å². The van der Waals surface area contributed by atoms with Gasteiger partial charge in [0.2, 0.25) is 11.9 Å². The number of hydrogen-bond acceptors (Lipinski definition) is 5. The second-order valence-electron chi connectivity index (χ2n) is 5.63. The molecule has 132 valence electrons. The van der Waals surface area contributed by atoms with Crippen LogP contribution in [0, 0.1) is 5.82 Å². The highest BCUT2D eigenvalue weighted by Crippen LogP contribution is 2.19.